The first kappa shape index (κ1) is 119. The van der Waals surface area contributed by atoms with Crippen LogP contribution < -0.4 is 0 Å². The van der Waals surface area contributed by atoms with Gasteiger partial charge in [-0.1, -0.05) is 343 Å². The molecule has 0 aromatic heterocycles. The number of carboxylic acid groups (broad SMARTS) is 5. The molecule has 0 radical (unpaired) electrons. The van der Waals surface area contributed by atoms with Crippen LogP contribution in [0.5, 0.6) is 0 Å². The molecule has 3 atom stereocenters. The maximum Gasteiger partial charge on any atom is 0.508 e. The van der Waals surface area contributed by atoms with Gasteiger partial charge in [0.15, 0.2) is 12.2 Å². The van der Waals surface area contributed by atoms with Crippen LogP contribution in [0.25, 0.3) is 0 Å². The molecule has 0 aliphatic carbocycles. The maximum absolute atomic E-state index is 14.4. The summed E-state index contributed by atoms with van der Waals surface area (Å²) in [5.41, 5.74) is 0. The number of aliphatic carboxylic acids is 5. The van der Waals surface area contributed by atoms with E-state index in [0.29, 0.717) is 32.2 Å². The molecule has 125 heavy (non-hydrogen) atoms. The fraction of sp³-hybridized carbons (Fsp3) is 0.897. The predicted molar refractivity (Wildman–Crippen MR) is 489 cm³/mol. The number of unbranched alkanes of at least 4 members (excludes halogenated alkanes) is 48. The molecule has 0 amide bonds. The number of esters is 4. The molecule has 732 valence electrons. The van der Waals surface area contributed by atoms with Crippen LogP contribution in [-0.4, -0.2) is 261 Å². The van der Waals surface area contributed by atoms with Crippen molar-refractivity contribution >= 4 is 59.9 Å². The van der Waals surface area contributed by atoms with E-state index in [1.807, 2.05) is 11.8 Å². The second-order valence-corrected chi connectivity index (χ2v) is 34.3. The second-order valence-electron chi connectivity index (χ2n) is 34.3. The van der Waals surface area contributed by atoms with Crippen LogP contribution in [0.15, 0.2) is 0 Å². The van der Waals surface area contributed by atoms with Crippen LogP contribution in [0.1, 0.15) is 407 Å². The number of carbonyl (C=O) groups excluding carboxylic acids is 5. The van der Waals surface area contributed by atoms with E-state index >= 15 is 0 Å². The molecule has 0 aromatic rings. The number of hydrogen-bond acceptors (Lipinski definition) is 23. The summed E-state index contributed by atoms with van der Waals surface area (Å²) >= 11 is 0. The van der Waals surface area contributed by atoms with Crippen molar-refractivity contribution in [2.24, 2.45) is 0 Å². The Morgan fingerprint density at radius 2 is 0.512 bits per heavy atom. The third kappa shape index (κ3) is 78.9. The Kier molecular flexibility index (Phi) is 84.7. The van der Waals surface area contributed by atoms with E-state index in [-0.39, 0.29) is 137 Å². The van der Waals surface area contributed by atoms with Crippen LogP contribution in [0.3, 0.4) is 0 Å². The van der Waals surface area contributed by atoms with E-state index < -0.39 is 110 Å². The third-order valence-electron chi connectivity index (χ3n) is 23.0. The fourth-order valence-corrected chi connectivity index (χ4v) is 15.7. The fourth-order valence-electron chi connectivity index (χ4n) is 15.7. The molecule has 3 unspecified atom stereocenters. The Bertz CT molecular complexity index is 2440. The van der Waals surface area contributed by atoms with E-state index in [4.69, 9.17) is 42.6 Å². The van der Waals surface area contributed by atoms with E-state index in [9.17, 15) is 73.5 Å². The number of hydrogen-bond donors (Lipinski definition) is 5. The van der Waals surface area contributed by atoms with Crippen molar-refractivity contribution in [2.75, 3.05) is 132 Å². The summed E-state index contributed by atoms with van der Waals surface area (Å²) in [7, 11) is 0. The molecule has 0 aliphatic rings. The van der Waals surface area contributed by atoms with Crippen LogP contribution in [0.4, 0.5) is 4.79 Å². The first-order valence-corrected chi connectivity index (χ1v) is 50.0. The van der Waals surface area contributed by atoms with Crippen LogP contribution in [-0.2, 0) is 85.8 Å². The molecule has 0 spiro atoms. The molecule has 0 saturated carbocycles. The van der Waals surface area contributed by atoms with Crippen LogP contribution in [0, 0.1) is 0 Å². The summed E-state index contributed by atoms with van der Waals surface area (Å²) in [6, 6.07) is -2.26. The van der Waals surface area contributed by atoms with Gasteiger partial charge in [-0.3, -0.25) is 62.8 Å². The lowest BCUT2D eigenvalue weighted by Crippen LogP contribution is -2.57. The molecule has 0 fully saturated rings. The molecule has 5 N–H and O–H groups in total. The van der Waals surface area contributed by atoms with Crippen molar-refractivity contribution in [1.82, 2.24) is 19.6 Å². The predicted octanol–water partition coefficient (Wildman–Crippen LogP) is 20.2. The zero-order chi connectivity index (χ0) is 91.9. The van der Waals surface area contributed by atoms with Gasteiger partial charge >= 0.3 is 59.9 Å². The summed E-state index contributed by atoms with van der Waals surface area (Å²) in [6.45, 7) is 7.66. The Morgan fingerprint density at radius 1 is 0.256 bits per heavy atom. The Morgan fingerprint density at radius 3 is 0.784 bits per heavy atom. The molecule has 0 heterocycles. The highest BCUT2D eigenvalue weighted by molar-refractivity contribution is 5.75. The average Bonchev–Trinajstić information content (AvgIpc) is 0.829. The van der Waals surface area contributed by atoms with Crippen molar-refractivity contribution in [2.45, 2.75) is 431 Å². The zero-order valence-corrected chi connectivity index (χ0v) is 79.2. The number of carboxylic acids is 5. The molecule has 0 rings (SSSR count). The van der Waals surface area contributed by atoms with Crippen molar-refractivity contribution in [3.05, 3.63) is 0 Å². The summed E-state index contributed by atoms with van der Waals surface area (Å²) in [6.07, 6.45) is 57.2. The minimum Gasteiger partial charge on any atom is -0.480 e. The van der Waals surface area contributed by atoms with E-state index in [1.54, 1.807) is 0 Å². The molecular formula is C97H180N4O24. The van der Waals surface area contributed by atoms with Crippen molar-refractivity contribution < 1.29 is 116 Å². The monoisotopic (exact) mass is 1790 g/mol. The van der Waals surface area contributed by atoms with Crippen LogP contribution >= 0.6 is 0 Å². The first-order chi connectivity index (χ1) is 60.7. The van der Waals surface area contributed by atoms with Crippen molar-refractivity contribution in [3.8, 4) is 0 Å². The molecular weight excluding hydrogens is 1610 g/mol. The third-order valence-corrected chi connectivity index (χ3v) is 23.0. The zero-order valence-electron chi connectivity index (χ0n) is 79.2. The van der Waals surface area contributed by atoms with Gasteiger partial charge in [0.1, 0.15) is 25.9 Å². The van der Waals surface area contributed by atoms with Gasteiger partial charge in [0, 0.05) is 58.4 Å². The standard InChI is InChI=1S/C97H180N4O24/c1-6-11-15-19-23-27-31-35-39-43-47-51-55-61-91(110)122-82-85(124-93(112)63-57-53-49-45-41-37-33-29-25-21-17-13-8-3)95(86(125-94(113)64-58-54-50-46-42-38-34-30-26-22-18-14-9-4)83-123-92(111)62-56-52-48-44-40-36-32-28-24-20-16-12-7-2)100(10-5)69-71-117-72-73-118-74-75-119-76-77-121-97(116)120-70-59-60-84(96(114)115)101(67-65-98(78-87(102)103)79-88(104)105)68-66-99(80-89(106)107)81-90(108)109/h84-86,95H,6-83H2,1-5H3,(H,102,103)(H,104,105)(H,106,107)(H,108,109)(H,114,115). The number of nitrogens with zero attached hydrogens (tertiary/aromatic N) is 4. The van der Waals surface area contributed by atoms with Gasteiger partial charge in [-0.25, -0.2) is 4.79 Å². The molecule has 0 aromatic carbocycles. The Labute approximate surface area is 754 Å². The normalized spacial score (nSPS) is 12.6. The highest BCUT2D eigenvalue weighted by atomic mass is 16.7. The SMILES string of the molecule is CCCCCCCCCCCCCCCC(=O)OCC(OC(=O)CCCCCCCCCCCCCCC)C(C(COC(=O)CCCCCCCCCCCCCCC)OC(=O)CCCCCCCCCCCCCCC)N(CC)CCOCCOCCOCCOC(=O)OCCCC(C(=O)O)N(CCN(CC(=O)O)CC(=O)O)CCN(CC(=O)O)CC(=O)O. The first-order valence-electron chi connectivity index (χ1n) is 50.0. The van der Waals surface area contributed by atoms with Gasteiger partial charge in [-0.15, -0.1) is 0 Å². The average molecular weight is 1790 g/mol. The largest absolute Gasteiger partial charge is 0.508 e. The van der Waals surface area contributed by atoms with Gasteiger partial charge in [-0.2, -0.15) is 0 Å². The minimum absolute atomic E-state index is 0.00962. The molecule has 0 saturated heterocycles. The Balaban J connectivity index is 6.59. The minimum atomic E-state index is -1.34. The van der Waals surface area contributed by atoms with Crippen molar-refractivity contribution in [3.63, 3.8) is 0 Å². The smallest absolute Gasteiger partial charge is 0.480 e. The highest BCUT2D eigenvalue weighted by Crippen LogP contribution is 2.24. The lowest BCUT2D eigenvalue weighted by Gasteiger charge is -2.39. The maximum atomic E-state index is 14.4. The van der Waals surface area contributed by atoms with Gasteiger partial charge in [0.25, 0.3) is 0 Å². The molecule has 28 heteroatoms. The second kappa shape index (κ2) is 88.8. The number of carbonyl (C=O) groups is 10. The molecule has 28 nitrogen and oxygen atoms in total. The lowest BCUT2D eigenvalue weighted by atomic mass is 10.0. The summed E-state index contributed by atoms with van der Waals surface area (Å²) in [5, 5.41) is 47.7. The lowest BCUT2D eigenvalue weighted by molar-refractivity contribution is -0.179. The highest BCUT2D eigenvalue weighted by Gasteiger charge is 2.41. The van der Waals surface area contributed by atoms with E-state index in [0.717, 1.165) is 99.7 Å². The Hall–Kier alpha value is -5.78. The van der Waals surface area contributed by atoms with Gasteiger partial charge in [0.05, 0.1) is 78.5 Å². The quantitative estimate of drug-likeness (QED) is 0.0214. The molecule has 0 bridgehead atoms. The number of rotatable bonds is 98. The number of likely N-dealkylation sites (N-methyl/N-ethyl adjacent to an activating group) is 1. The summed E-state index contributed by atoms with van der Waals surface area (Å²) < 4.78 is 53.3. The summed E-state index contributed by atoms with van der Waals surface area (Å²) in [4.78, 5) is 133. The topological polar surface area (TPSA) is 368 Å². The summed E-state index contributed by atoms with van der Waals surface area (Å²) in [5.74, 6) is -8.38. The van der Waals surface area contributed by atoms with Gasteiger partial charge < -0.3 is 68.2 Å². The van der Waals surface area contributed by atoms with E-state index in [2.05, 4.69) is 27.7 Å². The van der Waals surface area contributed by atoms with Gasteiger partial charge in [0.2, 0.25) is 0 Å². The number of ether oxygens (including phenoxy) is 9. The van der Waals surface area contributed by atoms with Crippen LogP contribution in [0.2, 0.25) is 0 Å². The van der Waals surface area contributed by atoms with E-state index in [1.165, 1.54) is 223 Å². The molecule has 0 aliphatic heterocycles. The van der Waals surface area contributed by atoms with Crippen molar-refractivity contribution in [1.29, 1.82) is 0 Å². The van der Waals surface area contributed by atoms with Gasteiger partial charge in [-0.05, 0) is 45.1 Å².